The van der Waals surface area contributed by atoms with Gasteiger partial charge < -0.3 is 14.9 Å². The molecule has 0 aliphatic carbocycles. The molecule has 1 aromatic carbocycles. The summed E-state index contributed by atoms with van der Waals surface area (Å²) in [6.45, 7) is 0.689. The van der Waals surface area contributed by atoms with Gasteiger partial charge in [0.05, 0.1) is 7.11 Å². The number of rotatable bonds is 4. The SMILES string of the molecule is COc1cccc2cc(CCCN)oc12. The maximum atomic E-state index is 5.71. The number of hydrogen-bond acceptors (Lipinski definition) is 3. The summed E-state index contributed by atoms with van der Waals surface area (Å²) in [6.07, 6.45) is 1.83. The molecule has 3 nitrogen and oxygen atoms in total. The van der Waals surface area contributed by atoms with Gasteiger partial charge in [-0.15, -0.1) is 0 Å². The molecular weight excluding hydrogens is 190 g/mol. The first kappa shape index (κ1) is 10.1. The lowest BCUT2D eigenvalue weighted by Gasteiger charge is -1.98. The van der Waals surface area contributed by atoms with Crippen molar-refractivity contribution in [3.63, 3.8) is 0 Å². The second-order valence-electron chi connectivity index (χ2n) is 3.48. The number of furan rings is 1. The summed E-state index contributed by atoms with van der Waals surface area (Å²) in [7, 11) is 1.65. The van der Waals surface area contributed by atoms with Crippen LogP contribution in [0.3, 0.4) is 0 Å². The van der Waals surface area contributed by atoms with Crippen molar-refractivity contribution < 1.29 is 9.15 Å². The number of benzene rings is 1. The van der Waals surface area contributed by atoms with Crippen LogP contribution in [0.4, 0.5) is 0 Å². The van der Waals surface area contributed by atoms with Crippen LogP contribution in [-0.2, 0) is 6.42 Å². The average molecular weight is 205 g/mol. The second-order valence-corrected chi connectivity index (χ2v) is 3.48. The molecule has 0 saturated carbocycles. The Kier molecular flexibility index (Phi) is 2.92. The highest BCUT2D eigenvalue weighted by Gasteiger charge is 2.07. The van der Waals surface area contributed by atoms with Crippen molar-refractivity contribution in [2.75, 3.05) is 13.7 Å². The van der Waals surface area contributed by atoms with Gasteiger partial charge in [-0.25, -0.2) is 0 Å². The summed E-state index contributed by atoms with van der Waals surface area (Å²) in [5.74, 6) is 1.76. The Morgan fingerprint density at radius 2 is 2.27 bits per heavy atom. The van der Waals surface area contributed by atoms with Crippen molar-refractivity contribution in [2.45, 2.75) is 12.8 Å². The van der Waals surface area contributed by atoms with E-state index in [0.29, 0.717) is 6.54 Å². The van der Waals surface area contributed by atoms with Gasteiger partial charge in [0.15, 0.2) is 11.3 Å². The zero-order valence-corrected chi connectivity index (χ0v) is 8.82. The first-order chi connectivity index (χ1) is 7.35. The molecule has 80 valence electrons. The molecule has 1 heterocycles. The number of nitrogens with two attached hydrogens (primary N) is 1. The molecule has 2 rings (SSSR count). The highest BCUT2D eigenvalue weighted by molar-refractivity contribution is 5.83. The standard InChI is InChI=1S/C12H15NO2/c1-14-11-6-2-4-9-8-10(5-3-7-13)15-12(9)11/h2,4,6,8H,3,5,7,13H2,1H3. The summed E-state index contributed by atoms with van der Waals surface area (Å²) in [6, 6.07) is 7.93. The normalized spacial score (nSPS) is 10.8. The van der Waals surface area contributed by atoms with Gasteiger partial charge in [-0.3, -0.25) is 0 Å². The minimum atomic E-state index is 0.689. The van der Waals surface area contributed by atoms with Gasteiger partial charge in [0.1, 0.15) is 5.76 Å². The van der Waals surface area contributed by atoms with Crippen molar-refractivity contribution in [1.82, 2.24) is 0 Å². The molecule has 0 bridgehead atoms. The third kappa shape index (κ3) is 1.97. The van der Waals surface area contributed by atoms with Crippen molar-refractivity contribution in [3.8, 4) is 5.75 Å². The Labute approximate surface area is 88.8 Å². The maximum absolute atomic E-state index is 5.71. The molecule has 0 aliphatic heterocycles. The Morgan fingerprint density at radius 1 is 1.40 bits per heavy atom. The van der Waals surface area contributed by atoms with Crippen molar-refractivity contribution in [1.29, 1.82) is 0 Å². The average Bonchev–Trinajstić information content (AvgIpc) is 2.68. The summed E-state index contributed by atoms with van der Waals surface area (Å²) >= 11 is 0. The van der Waals surface area contributed by atoms with Gasteiger partial charge in [0.2, 0.25) is 0 Å². The van der Waals surface area contributed by atoms with Crippen LogP contribution in [0.5, 0.6) is 5.75 Å². The van der Waals surface area contributed by atoms with E-state index in [9.17, 15) is 0 Å². The fraction of sp³-hybridized carbons (Fsp3) is 0.333. The van der Waals surface area contributed by atoms with Crippen molar-refractivity contribution in [2.24, 2.45) is 5.73 Å². The molecule has 0 radical (unpaired) electrons. The number of aryl methyl sites for hydroxylation is 1. The second kappa shape index (κ2) is 4.36. The zero-order valence-electron chi connectivity index (χ0n) is 8.82. The van der Waals surface area contributed by atoms with Gasteiger partial charge in [-0.1, -0.05) is 12.1 Å². The van der Waals surface area contributed by atoms with E-state index in [1.54, 1.807) is 7.11 Å². The molecule has 2 N–H and O–H groups in total. The van der Waals surface area contributed by atoms with Gasteiger partial charge in [-0.2, -0.15) is 0 Å². The minimum absolute atomic E-state index is 0.689. The van der Waals surface area contributed by atoms with Crippen molar-refractivity contribution >= 4 is 11.0 Å². The van der Waals surface area contributed by atoms with Crippen molar-refractivity contribution in [3.05, 3.63) is 30.0 Å². The summed E-state index contributed by atoms with van der Waals surface area (Å²) in [5, 5.41) is 1.08. The molecule has 0 aliphatic rings. The molecule has 2 aromatic rings. The molecule has 0 spiro atoms. The Morgan fingerprint density at radius 3 is 3.00 bits per heavy atom. The van der Waals surface area contributed by atoms with Crippen LogP contribution < -0.4 is 10.5 Å². The fourth-order valence-electron chi connectivity index (χ4n) is 1.65. The fourth-order valence-corrected chi connectivity index (χ4v) is 1.65. The number of para-hydroxylation sites is 1. The van der Waals surface area contributed by atoms with E-state index in [1.807, 2.05) is 24.3 Å². The first-order valence-electron chi connectivity index (χ1n) is 5.10. The van der Waals surface area contributed by atoms with E-state index < -0.39 is 0 Å². The van der Waals surface area contributed by atoms with Crippen LogP contribution in [0.1, 0.15) is 12.2 Å². The number of methoxy groups -OCH3 is 1. The predicted molar refractivity (Wildman–Crippen MR) is 60.1 cm³/mol. The first-order valence-corrected chi connectivity index (χ1v) is 5.10. The summed E-state index contributed by atoms with van der Waals surface area (Å²) in [5.41, 5.74) is 6.29. The maximum Gasteiger partial charge on any atom is 0.176 e. The van der Waals surface area contributed by atoms with E-state index >= 15 is 0 Å². The van der Waals surface area contributed by atoms with Crippen LogP contribution in [0, 0.1) is 0 Å². The van der Waals surface area contributed by atoms with Gasteiger partial charge in [0.25, 0.3) is 0 Å². The molecule has 0 unspecified atom stereocenters. The molecule has 3 heteroatoms. The largest absolute Gasteiger partial charge is 0.493 e. The van der Waals surface area contributed by atoms with E-state index in [4.69, 9.17) is 14.9 Å². The number of ether oxygens (including phenoxy) is 1. The molecular formula is C12H15NO2. The Bertz CT molecular complexity index is 448. The molecule has 1 aromatic heterocycles. The van der Waals surface area contributed by atoms with Gasteiger partial charge in [0, 0.05) is 11.8 Å². The predicted octanol–water partition coefficient (Wildman–Crippen LogP) is 2.33. The van der Waals surface area contributed by atoms with Crippen LogP contribution >= 0.6 is 0 Å². The monoisotopic (exact) mass is 205 g/mol. The van der Waals surface area contributed by atoms with Crippen LogP contribution in [0.2, 0.25) is 0 Å². The lowest BCUT2D eigenvalue weighted by molar-refractivity contribution is 0.407. The number of hydrogen-bond donors (Lipinski definition) is 1. The lowest BCUT2D eigenvalue weighted by Crippen LogP contribution is -1.99. The third-order valence-electron chi connectivity index (χ3n) is 2.41. The summed E-state index contributed by atoms with van der Waals surface area (Å²) < 4.78 is 10.9. The van der Waals surface area contributed by atoms with E-state index in [1.165, 1.54) is 0 Å². The van der Waals surface area contributed by atoms with Crippen LogP contribution in [-0.4, -0.2) is 13.7 Å². The molecule has 0 amide bonds. The van der Waals surface area contributed by atoms with Gasteiger partial charge in [-0.05, 0) is 25.1 Å². The third-order valence-corrected chi connectivity index (χ3v) is 2.41. The molecule has 0 saturated heterocycles. The molecule has 15 heavy (non-hydrogen) atoms. The van der Waals surface area contributed by atoms with Crippen LogP contribution in [0.15, 0.2) is 28.7 Å². The topological polar surface area (TPSA) is 48.4 Å². The van der Waals surface area contributed by atoms with E-state index in [0.717, 1.165) is 35.3 Å². The van der Waals surface area contributed by atoms with Gasteiger partial charge >= 0.3 is 0 Å². The lowest BCUT2D eigenvalue weighted by atomic mass is 10.2. The smallest absolute Gasteiger partial charge is 0.176 e. The summed E-state index contributed by atoms with van der Waals surface area (Å²) in [4.78, 5) is 0. The Hall–Kier alpha value is -1.48. The highest BCUT2D eigenvalue weighted by atomic mass is 16.5. The van der Waals surface area contributed by atoms with Crippen LogP contribution in [0.25, 0.3) is 11.0 Å². The minimum Gasteiger partial charge on any atom is -0.493 e. The van der Waals surface area contributed by atoms with E-state index in [2.05, 4.69) is 0 Å². The number of fused-ring (bicyclic) bond motifs is 1. The zero-order chi connectivity index (χ0) is 10.7. The quantitative estimate of drug-likeness (QED) is 0.833. The molecule has 0 atom stereocenters. The van der Waals surface area contributed by atoms with E-state index in [-0.39, 0.29) is 0 Å². The highest BCUT2D eigenvalue weighted by Crippen LogP contribution is 2.28. The molecule has 0 fully saturated rings. The Balaban J connectivity index is 2.37.